The van der Waals surface area contributed by atoms with Crippen molar-refractivity contribution in [3.05, 3.63) is 28.8 Å². The van der Waals surface area contributed by atoms with E-state index in [0.29, 0.717) is 5.02 Å². The van der Waals surface area contributed by atoms with E-state index in [1.54, 1.807) is 0 Å². The van der Waals surface area contributed by atoms with Crippen molar-refractivity contribution >= 4 is 11.6 Å². The molecule has 1 rings (SSSR count). The smallest absolute Gasteiger partial charge is 0.138 e. The monoisotopic (exact) mass is 241 g/mol. The van der Waals surface area contributed by atoms with Crippen LogP contribution in [0.1, 0.15) is 45.7 Å². The predicted molar refractivity (Wildman–Crippen MR) is 69.1 cm³/mol. The quantitative estimate of drug-likeness (QED) is 0.867. The van der Waals surface area contributed by atoms with Crippen LogP contribution >= 0.6 is 11.6 Å². The molecule has 0 aliphatic heterocycles. The van der Waals surface area contributed by atoms with Gasteiger partial charge in [0.15, 0.2) is 0 Å². The molecule has 1 aromatic carbocycles. The zero-order valence-corrected chi connectivity index (χ0v) is 11.1. The highest BCUT2D eigenvalue weighted by Gasteiger charge is 2.18. The Balaban J connectivity index is 2.91. The summed E-state index contributed by atoms with van der Waals surface area (Å²) in [5, 5.41) is 0.622. The summed E-state index contributed by atoms with van der Waals surface area (Å²) in [5.41, 5.74) is 6.61. The van der Waals surface area contributed by atoms with Crippen LogP contribution in [-0.4, -0.2) is 5.60 Å². The van der Waals surface area contributed by atoms with Gasteiger partial charge in [-0.25, -0.2) is 0 Å². The maximum Gasteiger partial charge on any atom is 0.138 e. The van der Waals surface area contributed by atoms with Crippen LogP contribution in [0.4, 0.5) is 0 Å². The Morgan fingerprint density at radius 2 is 2.06 bits per heavy atom. The van der Waals surface area contributed by atoms with Gasteiger partial charge >= 0.3 is 0 Å². The van der Waals surface area contributed by atoms with Gasteiger partial charge in [0.25, 0.3) is 0 Å². The minimum Gasteiger partial charge on any atom is -0.486 e. The van der Waals surface area contributed by atoms with Crippen LogP contribution in [0, 0.1) is 0 Å². The maximum absolute atomic E-state index is 6.16. The second-order valence-electron chi connectivity index (χ2n) is 4.69. The molecule has 2 N–H and O–H groups in total. The highest BCUT2D eigenvalue weighted by molar-refractivity contribution is 6.32. The van der Waals surface area contributed by atoms with Crippen molar-refractivity contribution in [2.75, 3.05) is 0 Å². The van der Waals surface area contributed by atoms with E-state index in [1.165, 1.54) is 0 Å². The molecule has 0 bridgehead atoms. The molecule has 16 heavy (non-hydrogen) atoms. The number of ether oxygens (including phenoxy) is 1. The first-order chi connectivity index (χ1) is 7.35. The van der Waals surface area contributed by atoms with Crippen molar-refractivity contribution in [3.8, 4) is 5.75 Å². The zero-order valence-electron chi connectivity index (χ0n) is 10.4. The van der Waals surface area contributed by atoms with Crippen LogP contribution in [0.5, 0.6) is 5.75 Å². The molecule has 0 aliphatic carbocycles. The van der Waals surface area contributed by atoms with Gasteiger partial charge < -0.3 is 10.5 Å². The number of hydrogen-bond acceptors (Lipinski definition) is 2. The van der Waals surface area contributed by atoms with E-state index in [4.69, 9.17) is 22.1 Å². The first kappa shape index (κ1) is 13.3. The number of benzene rings is 1. The van der Waals surface area contributed by atoms with Crippen LogP contribution in [-0.2, 0) is 0 Å². The summed E-state index contributed by atoms with van der Waals surface area (Å²) in [5.74, 6) is 0.720. The highest BCUT2D eigenvalue weighted by atomic mass is 35.5. The van der Waals surface area contributed by atoms with Crippen molar-refractivity contribution in [2.24, 2.45) is 5.73 Å². The van der Waals surface area contributed by atoms with Gasteiger partial charge in [-0.15, -0.1) is 0 Å². The standard InChI is InChI=1S/C13H20ClNO/c1-5-13(3,4)16-12-7-6-10(9(2)15)8-11(12)14/h6-9H,5,15H2,1-4H3/t9-/m1/s1. The second kappa shape index (κ2) is 5.07. The molecule has 2 nitrogen and oxygen atoms in total. The topological polar surface area (TPSA) is 35.2 Å². The molecule has 0 aliphatic rings. The fourth-order valence-corrected chi connectivity index (χ4v) is 1.48. The molecule has 0 saturated heterocycles. The molecular weight excluding hydrogens is 222 g/mol. The molecule has 0 radical (unpaired) electrons. The number of nitrogens with two attached hydrogens (primary N) is 1. The molecule has 0 amide bonds. The lowest BCUT2D eigenvalue weighted by Crippen LogP contribution is -2.26. The molecular formula is C13H20ClNO. The van der Waals surface area contributed by atoms with Gasteiger partial charge in [0, 0.05) is 6.04 Å². The predicted octanol–water partition coefficient (Wildman–Crippen LogP) is 3.93. The lowest BCUT2D eigenvalue weighted by atomic mass is 10.1. The largest absolute Gasteiger partial charge is 0.486 e. The molecule has 0 heterocycles. The lowest BCUT2D eigenvalue weighted by Gasteiger charge is -2.25. The van der Waals surface area contributed by atoms with Crippen molar-refractivity contribution < 1.29 is 4.74 Å². The number of hydrogen-bond donors (Lipinski definition) is 1. The molecule has 1 aromatic rings. The van der Waals surface area contributed by atoms with Crippen molar-refractivity contribution in [1.82, 2.24) is 0 Å². The van der Waals surface area contributed by atoms with Gasteiger partial charge in [-0.2, -0.15) is 0 Å². The number of halogens is 1. The van der Waals surface area contributed by atoms with Crippen molar-refractivity contribution in [3.63, 3.8) is 0 Å². The molecule has 0 saturated carbocycles. The third-order valence-electron chi connectivity index (χ3n) is 2.72. The summed E-state index contributed by atoms with van der Waals surface area (Å²) < 4.78 is 5.84. The Morgan fingerprint density at radius 1 is 1.44 bits per heavy atom. The minimum absolute atomic E-state index is 0.00858. The van der Waals surface area contributed by atoms with E-state index in [-0.39, 0.29) is 11.6 Å². The average Bonchev–Trinajstić information content (AvgIpc) is 2.20. The first-order valence-electron chi connectivity index (χ1n) is 5.60. The molecule has 1 atom stereocenters. The normalized spacial score (nSPS) is 13.6. The Morgan fingerprint density at radius 3 is 2.50 bits per heavy atom. The molecule has 0 fully saturated rings. The average molecular weight is 242 g/mol. The zero-order chi connectivity index (χ0) is 12.3. The van der Waals surface area contributed by atoms with Crippen LogP contribution in [0.3, 0.4) is 0 Å². The van der Waals surface area contributed by atoms with Gasteiger partial charge in [-0.3, -0.25) is 0 Å². The van der Waals surface area contributed by atoms with Crippen molar-refractivity contribution in [1.29, 1.82) is 0 Å². The summed E-state index contributed by atoms with van der Waals surface area (Å²) >= 11 is 6.16. The summed E-state index contributed by atoms with van der Waals surface area (Å²) in [6.07, 6.45) is 0.929. The Hall–Kier alpha value is -0.730. The fraction of sp³-hybridized carbons (Fsp3) is 0.538. The van der Waals surface area contributed by atoms with E-state index in [1.807, 2.05) is 39.0 Å². The summed E-state index contributed by atoms with van der Waals surface area (Å²) in [7, 11) is 0. The van der Waals surface area contributed by atoms with E-state index < -0.39 is 0 Å². The summed E-state index contributed by atoms with van der Waals surface area (Å²) in [6, 6.07) is 5.70. The fourth-order valence-electron chi connectivity index (χ4n) is 1.25. The molecule has 0 unspecified atom stereocenters. The Labute approximate surface area is 103 Å². The van der Waals surface area contributed by atoms with E-state index in [2.05, 4.69) is 6.92 Å². The molecule has 3 heteroatoms. The summed E-state index contributed by atoms with van der Waals surface area (Å²) in [6.45, 7) is 8.11. The minimum atomic E-state index is -0.195. The first-order valence-corrected chi connectivity index (χ1v) is 5.97. The van der Waals surface area contributed by atoms with Gasteiger partial charge in [0.05, 0.1) is 5.02 Å². The SMILES string of the molecule is CCC(C)(C)Oc1ccc([C@@H](C)N)cc1Cl. The summed E-state index contributed by atoms with van der Waals surface area (Å²) in [4.78, 5) is 0. The molecule has 0 aromatic heterocycles. The van der Waals surface area contributed by atoms with Crippen LogP contribution < -0.4 is 10.5 Å². The van der Waals surface area contributed by atoms with E-state index in [9.17, 15) is 0 Å². The van der Waals surface area contributed by atoms with Crippen LogP contribution in [0.15, 0.2) is 18.2 Å². The second-order valence-corrected chi connectivity index (χ2v) is 5.10. The molecule has 90 valence electrons. The van der Waals surface area contributed by atoms with E-state index >= 15 is 0 Å². The highest BCUT2D eigenvalue weighted by Crippen LogP contribution is 2.30. The Kier molecular flexibility index (Phi) is 4.22. The van der Waals surface area contributed by atoms with Gasteiger partial charge in [-0.1, -0.05) is 24.6 Å². The third-order valence-corrected chi connectivity index (χ3v) is 3.01. The van der Waals surface area contributed by atoms with Gasteiger partial charge in [-0.05, 0) is 44.9 Å². The van der Waals surface area contributed by atoms with E-state index in [0.717, 1.165) is 17.7 Å². The van der Waals surface area contributed by atoms with Gasteiger partial charge in [0.1, 0.15) is 11.4 Å². The maximum atomic E-state index is 6.16. The number of rotatable bonds is 4. The van der Waals surface area contributed by atoms with Gasteiger partial charge in [0.2, 0.25) is 0 Å². The van der Waals surface area contributed by atoms with Crippen LogP contribution in [0.25, 0.3) is 0 Å². The third kappa shape index (κ3) is 3.39. The van der Waals surface area contributed by atoms with Crippen LogP contribution in [0.2, 0.25) is 5.02 Å². The van der Waals surface area contributed by atoms with Crippen molar-refractivity contribution in [2.45, 2.75) is 45.8 Å². The lowest BCUT2D eigenvalue weighted by molar-refractivity contribution is 0.105. The molecule has 0 spiro atoms. The Bertz CT molecular complexity index is 361.